The molecule has 0 unspecified atom stereocenters. The van der Waals surface area contributed by atoms with E-state index in [4.69, 9.17) is 9.52 Å². The molecule has 8 heteroatoms. The van der Waals surface area contributed by atoms with Crippen molar-refractivity contribution in [3.05, 3.63) is 23.7 Å². The zero-order chi connectivity index (χ0) is 13.1. The summed E-state index contributed by atoms with van der Waals surface area (Å²) in [5, 5.41) is 10.6. The van der Waals surface area contributed by atoms with Crippen molar-refractivity contribution >= 4 is 5.97 Å². The van der Waals surface area contributed by atoms with E-state index in [0.29, 0.717) is 0 Å². The number of furan rings is 1. The number of nitrogens with one attached hydrogen (secondary N) is 1. The topological polar surface area (TPSA) is 62.5 Å². The fourth-order valence-corrected chi connectivity index (χ4v) is 1.02. The summed E-state index contributed by atoms with van der Waals surface area (Å²) in [6.45, 7) is -1.47. The van der Waals surface area contributed by atoms with Gasteiger partial charge in [-0.05, 0) is 12.1 Å². The molecule has 2 N–H and O–H groups in total. The van der Waals surface area contributed by atoms with Crippen LogP contribution in [-0.4, -0.2) is 30.0 Å². The van der Waals surface area contributed by atoms with Crippen molar-refractivity contribution in [3.8, 4) is 0 Å². The minimum atomic E-state index is -4.12. The van der Waals surface area contributed by atoms with Crippen LogP contribution in [0.2, 0.25) is 0 Å². The SMILES string of the molecule is O=C(O)c1ccc(CNCC(F)(F)C(F)F)o1. The highest BCUT2D eigenvalue weighted by atomic mass is 19.3. The van der Waals surface area contributed by atoms with E-state index in [2.05, 4.69) is 5.32 Å². The highest BCUT2D eigenvalue weighted by molar-refractivity contribution is 5.84. The lowest BCUT2D eigenvalue weighted by Gasteiger charge is -2.14. The summed E-state index contributed by atoms with van der Waals surface area (Å²) in [4.78, 5) is 10.4. The molecule has 4 nitrogen and oxygen atoms in total. The molecule has 96 valence electrons. The smallest absolute Gasteiger partial charge is 0.371 e. The van der Waals surface area contributed by atoms with Crippen LogP contribution in [-0.2, 0) is 6.54 Å². The molecule has 0 fully saturated rings. The Balaban J connectivity index is 2.43. The van der Waals surface area contributed by atoms with Crippen molar-refractivity contribution in [2.45, 2.75) is 18.9 Å². The zero-order valence-corrected chi connectivity index (χ0v) is 8.42. The monoisotopic (exact) mass is 255 g/mol. The molecule has 0 amide bonds. The molecule has 0 saturated heterocycles. The number of carboxylic acids is 1. The first kappa shape index (κ1) is 13.5. The molecule has 17 heavy (non-hydrogen) atoms. The average molecular weight is 255 g/mol. The number of carboxylic acid groups (broad SMARTS) is 1. The molecule has 0 aliphatic rings. The van der Waals surface area contributed by atoms with E-state index in [9.17, 15) is 22.4 Å². The standard InChI is InChI=1S/C9H9F4NO3/c10-8(11)9(12,13)4-14-3-5-1-2-6(17-5)7(15)16/h1-2,8,14H,3-4H2,(H,15,16). The van der Waals surface area contributed by atoms with Crippen LogP contribution in [0.1, 0.15) is 16.3 Å². The maximum Gasteiger partial charge on any atom is 0.371 e. The van der Waals surface area contributed by atoms with Gasteiger partial charge in [0.25, 0.3) is 0 Å². The molecular weight excluding hydrogens is 246 g/mol. The van der Waals surface area contributed by atoms with Gasteiger partial charge in [0.05, 0.1) is 13.1 Å². The third-order valence-electron chi connectivity index (χ3n) is 1.85. The Kier molecular flexibility index (Phi) is 4.11. The highest BCUT2D eigenvalue weighted by Crippen LogP contribution is 2.21. The van der Waals surface area contributed by atoms with Crippen molar-refractivity contribution in [1.29, 1.82) is 0 Å². The van der Waals surface area contributed by atoms with Gasteiger partial charge in [-0.15, -0.1) is 0 Å². The molecule has 0 aromatic carbocycles. The minimum Gasteiger partial charge on any atom is -0.475 e. The summed E-state index contributed by atoms with van der Waals surface area (Å²) in [5.41, 5.74) is 0. The van der Waals surface area contributed by atoms with Crippen LogP contribution in [0.25, 0.3) is 0 Å². The van der Waals surface area contributed by atoms with Gasteiger partial charge in [0.1, 0.15) is 5.76 Å². The van der Waals surface area contributed by atoms with Crippen LogP contribution in [0, 0.1) is 0 Å². The second-order valence-corrected chi connectivity index (χ2v) is 3.24. The van der Waals surface area contributed by atoms with Gasteiger partial charge < -0.3 is 14.8 Å². The van der Waals surface area contributed by atoms with Crippen molar-refractivity contribution in [1.82, 2.24) is 5.32 Å². The molecule has 1 heterocycles. The summed E-state index contributed by atoms with van der Waals surface area (Å²) in [5.74, 6) is -5.69. The van der Waals surface area contributed by atoms with E-state index in [1.54, 1.807) is 0 Å². The molecule has 0 radical (unpaired) electrons. The van der Waals surface area contributed by atoms with Gasteiger partial charge in [0.2, 0.25) is 5.76 Å². The van der Waals surface area contributed by atoms with Crippen LogP contribution < -0.4 is 5.32 Å². The van der Waals surface area contributed by atoms with E-state index < -0.39 is 24.9 Å². The molecule has 0 aliphatic heterocycles. The first-order valence-corrected chi connectivity index (χ1v) is 4.51. The Bertz CT molecular complexity index is 391. The molecule has 0 aliphatic carbocycles. The van der Waals surface area contributed by atoms with Gasteiger partial charge in [-0.1, -0.05) is 0 Å². The van der Waals surface area contributed by atoms with E-state index in [0.717, 1.165) is 6.07 Å². The first-order chi connectivity index (χ1) is 7.83. The third kappa shape index (κ3) is 3.74. The lowest BCUT2D eigenvalue weighted by molar-refractivity contribution is -0.125. The largest absolute Gasteiger partial charge is 0.475 e. The Hall–Kier alpha value is -1.57. The summed E-state index contributed by atoms with van der Waals surface area (Å²) >= 11 is 0. The first-order valence-electron chi connectivity index (χ1n) is 4.51. The lowest BCUT2D eigenvalue weighted by atomic mass is 10.3. The number of carbonyl (C=O) groups is 1. The number of hydrogen-bond donors (Lipinski definition) is 2. The summed E-state index contributed by atoms with van der Waals surface area (Å²) < 4.78 is 53.1. The summed E-state index contributed by atoms with van der Waals surface area (Å²) in [6, 6.07) is 2.40. The molecule has 0 atom stereocenters. The maximum absolute atomic E-state index is 12.4. The Morgan fingerprint density at radius 1 is 1.47 bits per heavy atom. The van der Waals surface area contributed by atoms with Crippen molar-refractivity contribution in [2.24, 2.45) is 0 Å². The lowest BCUT2D eigenvalue weighted by Crippen LogP contribution is -2.38. The van der Waals surface area contributed by atoms with Gasteiger partial charge >= 0.3 is 18.3 Å². The van der Waals surface area contributed by atoms with Crippen LogP contribution in [0.5, 0.6) is 0 Å². The maximum atomic E-state index is 12.4. The normalized spacial score (nSPS) is 12.1. The van der Waals surface area contributed by atoms with Crippen LogP contribution in [0.15, 0.2) is 16.5 Å². The predicted molar refractivity (Wildman–Crippen MR) is 48.3 cm³/mol. The molecule has 0 saturated carbocycles. The van der Waals surface area contributed by atoms with Gasteiger partial charge in [0.15, 0.2) is 0 Å². The Labute approximate surface area is 93.2 Å². The molecule has 1 aromatic rings. The fourth-order valence-electron chi connectivity index (χ4n) is 1.02. The van der Waals surface area contributed by atoms with Crippen molar-refractivity contribution < 1.29 is 31.9 Å². The second-order valence-electron chi connectivity index (χ2n) is 3.24. The van der Waals surface area contributed by atoms with Crippen molar-refractivity contribution in [3.63, 3.8) is 0 Å². The molecule has 0 spiro atoms. The highest BCUT2D eigenvalue weighted by Gasteiger charge is 2.40. The molecule has 1 aromatic heterocycles. The quantitative estimate of drug-likeness (QED) is 0.763. The number of alkyl halides is 4. The number of aromatic carboxylic acids is 1. The van der Waals surface area contributed by atoms with Gasteiger partial charge in [0, 0.05) is 0 Å². The molecule has 1 rings (SSSR count). The summed E-state index contributed by atoms with van der Waals surface area (Å²) in [7, 11) is 0. The predicted octanol–water partition coefficient (Wildman–Crippen LogP) is 1.97. The number of rotatable bonds is 6. The number of hydrogen-bond acceptors (Lipinski definition) is 3. The van der Waals surface area contributed by atoms with Crippen LogP contribution >= 0.6 is 0 Å². The van der Waals surface area contributed by atoms with Gasteiger partial charge in [-0.2, -0.15) is 8.78 Å². The molecule has 0 bridgehead atoms. The molecular formula is C9H9F4NO3. The van der Waals surface area contributed by atoms with Gasteiger partial charge in [-0.3, -0.25) is 0 Å². The van der Waals surface area contributed by atoms with Gasteiger partial charge in [-0.25, -0.2) is 13.6 Å². The Morgan fingerprint density at radius 3 is 2.59 bits per heavy atom. The second kappa shape index (κ2) is 5.17. The van der Waals surface area contributed by atoms with E-state index in [1.165, 1.54) is 6.07 Å². The van der Waals surface area contributed by atoms with E-state index in [-0.39, 0.29) is 18.1 Å². The zero-order valence-electron chi connectivity index (χ0n) is 8.42. The van der Waals surface area contributed by atoms with E-state index >= 15 is 0 Å². The Morgan fingerprint density at radius 2 is 2.12 bits per heavy atom. The minimum absolute atomic E-state index is 0.0764. The van der Waals surface area contributed by atoms with E-state index in [1.807, 2.05) is 0 Å². The van der Waals surface area contributed by atoms with Crippen LogP contribution in [0.4, 0.5) is 17.6 Å². The number of halogens is 4. The third-order valence-corrected chi connectivity index (χ3v) is 1.85. The summed E-state index contributed by atoms with van der Waals surface area (Å²) in [6.07, 6.45) is -3.75. The van der Waals surface area contributed by atoms with Crippen molar-refractivity contribution in [2.75, 3.05) is 6.54 Å². The average Bonchev–Trinajstić information content (AvgIpc) is 2.66. The fraction of sp³-hybridized carbons (Fsp3) is 0.444. The van der Waals surface area contributed by atoms with Crippen LogP contribution in [0.3, 0.4) is 0 Å².